The molecule has 2 rings (SSSR count). The van der Waals surface area contributed by atoms with Crippen molar-refractivity contribution >= 4 is 11.6 Å². The Kier molecular flexibility index (Phi) is 2.92. The Hall–Kier alpha value is -1.41. The molecule has 3 heteroatoms. The van der Waals surface area contributed by atoms with Crippen LogP contribution in [0.1, 0.15) is 16.7 Å². The van der Waals surface area contributed by atoms with E-state index >= 15 is 0 Å². The highest BCUT2D eigenvalue weighted by atomic mass is 35.5. The summed E-state index contributed by atoms with van der Waals surface area (Å²) in [4.78, 5) is 8.02. The highest BCUT2D eigenvalue weighted by Gasteiger charge is 2.08. The number of aromatic nitrogens is 2. The summed E-state index contributed by atoms with van der Waals surface area (Å²) in [6, 6.07) is 4.29. The Bertz CT molecular complexity index is 535. The minimum absolute atomic E-state index is 0.501. The summed E-state index contributed by atoms with van der Waals surface area (Å²) in [5, 5.41) is 0.501. The standard InChI is InChI=1S/C13H13ClN2/c1-8-4-10(3)11(5-9(8)2)12-6-15-7-16-13(12)14/h4-7H,1-3H3. The first-order valence-corrected chi connectivity index (χ1v) is 5.51. The Morgan fingerprint density at radius 1 is 0.938 bits per heavy atom. The van der Waals surface area contributed by atoms with E-state index in [2.05, 4.69) is 42.9 Å². The van der Waals surface area contributed by atoms with Crippen molar-refractivity contribution in [1.82, 2.24) is 9.97 Å². The molecule has 0 radical (unpaired) electrons. The summed E-state index contributed by atoms with van der Waals surface area (Å²) < 4.78 is 0. The molecule has 16 heavy (non-hydrogen) atoms. The van der Waals surface area contributed by atoms with Gasteiger partial charge in [-0.3, -0.25) is 0 Å². The van der Waals surface area contributed by atoms with Gasteiger partial charge >= 0.3 is 0 Å². The quantitative estimate of drug-likeness (QED) is 0.701. The zero-order valence-electron chi connectivity index (χ0n) is 9.58. The van der Waals surface area contributed by atoms with Crippen molar-refractivity contribution < 1.29 is 0 Å². The Morgan fingerprint density at radius 3 is 2.31 bits per heavy atom. The predicted molar refractivity (Wildman–Crippen MR) is 66.7 cm³/mol. The molecular weight excluding hydrogens is 220 g/mol. The molecule has 1 heterocycles. The maximum absolute atomic E-state index is 6.07. The second-order valence-electron chi connectivity index (χ2n) is 3.98. The van der Waals surface area contributed by atoms with Gasteiger partial charge in [-0.05, 0) is 43.0 Å². The first kappa shape index (κ1) is 11.1. The molecule has 0 bridgehead atoms. The van der Waals surface area contributed by atoms with Gasteiger partial charge in [-0.2, -0.15) is 0 Å². The molecule has 0 atom stereocenters. The Balaban J connectivity index is 2.65. The van der Waals surface area contributed by atoms with Crippen molar-refractivity contribution in [1.29, 1.82) is 0 Å². The van der Waals surface area contributed by atoms with Crippen LogP contribution in [-0.4, -0.2) is 9.97 Å². The number of halogens is 1. The van der Waals surface area contributed by atoms with Crippen LogP contribution < -0.4 is 0 Å². The number of rotatable bonds is 1. The number of aryl methyl sites for hydroxylation is 3. The van der Waals surface area contributed by atoms with Crippen molar-refractivity contribution in [2.24, 2.45) is 0 Å². The molecule has 0 spiro atoms. The van der Waals surface area contributed by atoms with Crippen molar-refractivity contribution in [2.75, 3.05) is 0 Å². The summed E-state index contributed by atoms with van der Waals surface area (Å²) in [7, 11) is 0. The van der Waals surface area contributed by atoms with Crippen molar-refractivity contribution in [3.8, 4) is 11.1 Å². The average Bonchev–Trinajstić information content (AvgIpc) is 2.25. The first-order chi connectivity index (χ1) is 7.59. The minimum atomic E-state index is 0.501. The summed E-state index contributed by atoms with van der Waals surface area (Å²) >= 11 is 6.07. The van der Waals surface area contributed by atoms with Crippen LogP contribution in [0.15, 0.2) is 24.7 Å². The van der Waals surface area contributed by atoms with Crippen LogP contribution in [0.4, 0.5) is 0 Å². The van der Waals surface area contributed by atoms with E-state index in [0.29, 0.717) is 5.15 Å². The zero-order chi connectivity index (χ0) is 11.7. The van der Waals surface area contributed by atoms with Gasteiger partial charge < -0.3 is 0 Å². The van der Waals surface area contributed by atoms with E-state index in [1.54, 1.807) is 6.20 Å². The van der Waals surface area contributed by atoms with E-state index in [1.807, 2.05) is 0 Å². The normalized spacial score (nSPS) is 10.5. The Morgan fingerprint density at radius 2 is 1.62 bits per heavy atom. The van der Waals surface area contributed by atoms with E-state index < -0.39 is 0 Å². The van der Waals surface area contributed by atoms with Crippen molar-refractivity contribution in [3.63, 3.8) is 0 Å². The molecule has 82 valence electrons. The van der Waals surface area contributed by atoms with Gasteiger partial charge in [0.1, 0.15) is 11.5 Å². The van der Waals surface area contributed by atoms with Crippen LogP contribution in [0, 0.1) is 20.8 Å². The van der Waals surface area contributed by atoms with Crippen LogP contribution in [0.3, 0.4) is 0 Å². The van der Waals surface area contributed by atoms with Gasteiger partial charge in [0.15, 0.2) is 0 Å². The van der Waals surface area contributed by atoms with Gasteiger partial charge in [-0.25, -0.2) is 9.97 Å². The monoisotopic (exact) mass is 232 g/mol. The minimum Gasteiger partial charge on any atom is -0.244 e. The third-order valence-electron chi connectivity index (χ3n) is 2.79. The fraction of sp³-hybridized carbons (Fsp3) is 0.231. The maximum atomic E-state index is 6.07. The molecule has 1 aromatic carbocycles. The van der Waals surface area contributed by atoms with E-state index in [9.17, 15) is 0 Å². The molecule has 0 fully saturated rings. The van der Waals surface area contributed by atoms with Gasteiger partial charge in [0.05, 0.1) is 0 Å². The fourth-order valence-corrected chi connectivity index (χ4v) is 1.94. The fourth-order valence-electron chi connectivity index (χ4n) is 1.75. The average molecular weight is 233 g/mol. The second-order valence-corrected chi connectivity index (χ2v) is 4.34. The highest BCUT2D eigenvalue weighted by Crippen LogP contribution is 2.29. The molecule has 1 aromatic heterocycles. The van der Waals surface area contributed by atoms with Crippen LogP contribution >= 0.6 is 11.6 Å². The molecular formula is C13H13ClN2. The SMILES string of the molecule is Cc1cc(C)c(-c2cncnc2Cl)cc1C. The lowest BCUT2D eigenvalue weighted by molar-refractivity contribution is 1.16. The lowest BCUT2D eigenvalue weighted by atomic mass is 9.97. The molecule has 0 aliphatic carbocycles. The third-order valence-corrected chi connectivity index (χ3v) is 3.10. The molecule has 0 saturated carbocycles. The maximum Gasteiger partial charge on any atom is 0.140 e. The number of nitrogens with zero attached hydrogens (tertiary/aromatic N) is 2. The van der Waals surface area contributed by atoms with E-state index in [0.717, 1.165) is 11.1 Å². The Labute approximate surface area is 100 Å². The second kappa shape index (κ2) is 4.22. The summed E-state index contributed by atoms with van der Waals surface area (Å²) in [6.45, 7) is 6.27. The zero-order valence-corrected chi connectivity index (χ0v) is 10.3. The number of benzene rings is 1. The molecule has 0 aliphatic heterocycles. The van der Waals surface area contributed by atoms with Gasteiger partial charge in [-0.15, -0.1) is 0 Å². The smallest absolute Gasteiger partial charge is 0.140 e. The topological polar surface area (TPSA) is 25.8 Å². The molecule has 2 nitrogen and oxygen atoms in total. The number of hydrogen-bond acceptors (Lipinski definition) is 2. The highest BCUT2D eigenvalue weighted by molar-refractivity contribution is 6.32. The molecule has 0 amide bonds. The molecule has 0 aliphatic rings. The number of hydrogen-bond donors (Lipinski definition) is 0. The van der Waals surface area contributed by atoms with Crippen molar-refractivity contribution in [2.45, 2.75) is 20.8 Å². The summed E-state index contributed by atoms with van der Waals surface area (Å²) in [6.07, 6.45) is 3.22. The van der Waals surface area contributed by atoms with Crippen LogP contribution in [0.25, 0.3) is 11.1 Å². The van der Waals surface area contributed by atoms with Crippen LogP contribution in [0.5, 0.6) is 0 Å². The summed E-state index contributed by atoms with van der Waals surface area (Å²) in [5.74, 6) is 0. The van der Waals surface area contributed by atoms with Crippen LogP contribution in [0.2, 0.25) is 5.15 Å². The lowest BCUT2D eigenvalue weighted by Crippen LogP contribution is -1.91. The van der Waals surface area contributed by atoms with Crippen molar-refractivity contribution in [3.05, 3.63) is 46.5 Å². The molecule has 2 aromatic rings. The molecule has 0 unspecified atom stereocenters. The van der Waals surface area contributed by atoms with E-state index in [1.165, 1.54) is 23.0 Å². The van der Waals surface area contributed by atoms with Gasteiger partial charge in [-0.1, -0.05) is 23.7 Å². The van der Waals surface area contributed by atoms with E-state index in [-0.39, 0.29) is 0 Å². The molecule has 0 saturated heterocycles. The van der Waals surface area contributed by atoms with Gasteiger partial charge in [0.25, 0.3) is 0 Å². The predicted octanol–water partition coefficient (Wildman–Crippen LogP) is 3.72. The molecule has 0 N–H and O–H groups in total. The lowest BCUT2D eigenvalue weighted by Gasteiger charge is -2.10. The van der Waals surface area contributed by atoms with E-state index in [4.69, 9.17) is 11.6 Å². The largest absolute Gasteiger partial charge is 0.244 e. The van der Waals surface area contributed by atoms with Crippen LogP contribution in [-0.2, 0) is 0 Å². The van der Waals surface area contributed by atoms with Gasteiger partial charge in [0, 0.05) is 11.8 Å². The first-order valence-electron chi connectivity index (χ1n) is 5.13. The summed E-state index contributed by atoms with van der Waals surface area (Å²) in [5.41, 5.74) is 5.73. The third kappa shape index (κ3) is 1.93. The van der Waals surface area contributed by atoms with Gasteiger partial charge in [0.2, 0.25) is 0 Å².